The van der Waals surface area contributed by atoms with Crippen LogP contribution in [0.3, 0.4) is 0 Å². The number of nitrogens with zero attached hydrogens (tertiary/aromatic N) is 1. The summed E-state index contributed by atoms with van der Waals surface area (Å²) >= 11 is 0. The molecule has 1 amide bonds. The Bertz CT molecular complexity index is 613. The van der Waals surface area contributed by atoms with Gasteiger partial charge in [-0.1, -0.05) is 12.1 Å². The molecular formula is C17H24BNO4. The third kappa shape index (κ3) is 2.79. The van der Waals surface area contributed by atoms with E-state index in [0.29, 0.717) is 19.6 Å². The number of hydrogen-bond donors (Lipinski definition) is 0. The number of methoxy groups -OCH3 is 1. The summed E-state index contributed by atoms with van der Waals surface area (Å²) in [6.45, 7) is 9.27. The molecule has 0 saturated carbocycles. The minimum absolute atomic E-state index is 0.114. The molecule has 3 rings (SSSR count). The Hall–Kier alpha value is -1.37. The summed E-state index contributed by atoms with van der Waals surface area (Å²) in [6, 6.07) is 6.00. The van der Waals surface area contributed by atoms with Gasteiger partial charge in [0.25, 0.3) is 0 Å². The number of carbonyl (C=O) groups excluding carboxylic acids is 1. The Balaban J connectivity index is 1.84. The van der Waals surface area contributed by atoms with Crippen molar-refractivity contribution in [2.75, 3.05) is 25.2 Å². The van der Waals surface area contributed by atoms with E-state index >= 15 is 0 Å². The van der Waals surface area contributed by atoms with Gasteiger partial charge in [0, 0.05) is 19.3 Å². The Labute approximate surface area is 138 Å². The van der Waals surface area contributed by atoms with Crippen molar-refractivity contribution in [1.82, 2.24) is 0 Å². The van der Waals surface area contributed by atoms with E-state index in [-0.39, 0.29) is 17.1 Å². The molecule has 23 heavy (non-hydrogen) atoms. The molecule has 1 fully saturated rings. The molecule has 0 unspecified atom stereocenters. The summed E-state index contributed by atoms with van der Waals surface area (Å²) in [5, 5.41) is 0. The van der Waals surface area contributed by atoms with Crippen molar-refractivity contribution < 1.29 is 18.8 Å². The lowest BCUT2D eigenvalue weighted by molar-refractivity contribution is -0.117. The Kier molecular flexibility index (Phi) is 4.03. The van der Waals surface area contributed by atoms with Crippen LogP contribution in [0, 0.1) is 0 Å². The van der Waals surface area contributed by atoms with Crippen LogP contribution in [0.5, 0.6) is 0 Å². The molecule has 0 atom stereocenters. The van der Waals surface area contributed by atoms with Crippen LogP contribution in [-0.4, -0.2) is 44.5 Å². The summed E-state index contributed by atoms with van der Waals surface area (Å²) in [7, 11) is 1.25. The third-order valence-electron chi connectivity index (χ3n) is 5.08. The minimum Gasteiger partial charge on any atom is -0.399 e. The maximum Gasteiger partial charge on any atom is 0.494 e. The fourth-order valence-corrected chi connectivity index (χ4v) is 2.96. The second-order valence-corrected chi connectivity index (χ2v) is 7.19. The smallest absolute Gasteiger partial charge is 0.399 e. The largest absolute Gasteiger partial charge is 0.494 e. The van der Waals surface area contributed by atoms with E-state index in [9.17, 15) is 4.79 Å². The summed E-state index contributed by atoms with van der Waals surface area (Å²) in [5.74, 6) is 0.114. The van der Waals surface area contributed by atoms with Gasteiger partial charge in [0.15, 0.2) is 0 Å². The predicted molar refractivity (Wildman–Crippen MR) is 90.1 cm³/mol. The van der Waals surface area contributed by atoms with Gasteiger partial charge in [-0.3, -0.25) is 4.79 Å². The highest BCUT2D eigenvalue weighted by molar-refractivity contribution is 6.62. The fourth-order valence-electron chi connectivity index (χ4n) is 2.96. The van der Waals surface area contributed by atoms with Crippen LogP contribution < -0.4 is 10.4 Å². The summed E-state index contributed by atoms with van der Waals surface area (Å²) in [4.78, 5) is 14.0. The van der Waals surface area contributed by atoms with Crippen LogP contribution in [0.25, 0.3) is 0 Å². The highest BCUT2D eigenvalue weighted by atomic mass is 16.7. The number of rotatable bonds is 4. The zero-order valence-electron chi connectivity index (χ0n) is 14.5. The average molecular weight is 317 g/mol. The number of benzene rings is 1. The molecule has 2 aliphatic rings. The predicted octanol–water partition coefficient (Wildman–Crippen LogP) is 1.52. The van der Waals surface area contributed by atoms with E-state index in [4.69, 9.17) is 14.0 Å². The quantitative estimate of drug-likeness (QED) is 0.790. The van der Waals surface area contributed by atoms with Crippen LogP contribution in [0.2, 0.25) is 0 Å². The maximum absolute atomic E-state index is 12.2. The molecular weight excluding hydrogens is 293 g/mol. The fraction of sp³-hybridized carbons (Fsp3) is 0.588. The Morgan fingerprint density at radius 1 is 1.22 bits per heavy atom. The van der Waals surface area contributed by atoms with Crippen molar-refractivity contribution >= 4 is 24.2 Å². The molecule has 1 aromatic carbocycles. The molecule has 0 bridgehead atoms. The summed E-state index contributed by atoms with van der Waals surface area (Å²) in [6.07, 6.45) is 0.423. The molecule has 124 valence electrons. The van der Waals surface area contributed by atoms with Crippen LogP contribution in [-0.2, 0) is 25.3 Å². The molecule has 0 aromatic heterocycles. The normalized spacial score (nSPS) is 21.9. The first-order valence-corrected chi connectivity index (χ1v) is 8.03. The van der Waals surface area contributed by atoms with E-state index < -0.39 is 7.12 Å². The number of anilines is 1. The Morgan fingerprint density at radius 3 is 2.48 bits per heavy atom. The molecule has 1 saturated heterocycles. The molecule has 6 heteroatoms. The first-order valence-electron chi connectivity index (χ1n) is 8.03. The van der Waals surface area contributed by atoms with Crippen molar-refractivity contribution in [3.8, 4) is 0 Å². The van der Waals surface area contributed by atoms with E-state index in [2.05, 4.69) is 0 Å². The lowest BCUT2D eigenvalue weighted by Gasteiger charge is -2.32. The van der Waals surface area contributed by atoms with E-state index in [0.717, 1.165) is 16.7 Å². The van der Waals surface area contributed by atoms with Gasteiger partial charge in [-0.15, -0.1) is 0 Å². The highest BCUT2D eigenvalue weighted by Gasteiger charge is 2.51. The first kappa shape index (κ1) is 16.5. The molecule has 0 aliphatic carbocycles. The Morgan fingerprint density at radius 2 is 1.87 bits per heavy atom. The standard InChI is InChI=1S/C17H24BNO4/c1-16(2)17(3,4)23-18(22-16)13-6-7-14-12(10-13)11-15(20)19(14)8-9-21-5/h6-7,10H,8-9,11H2,1-5H3. The molecule has 5 nitrogen and oxygen atoms in total. The number of amides is 1. The van der Waals surface area contributed by atoms with Gasteiger partial charge >= 0.3 is 7.12 Å². The minimum atomic E-state index is -0.395. The topological polar surface area (TPSA) is 48.0 Å². The van der Waals surface area contributed by atoms with Crippen molar-refractivity contribution in [1.29, 1.82) is 0 Å². The van der Waals surface area contributed by atoms with E-state index in [1.807, 2.05) is 45.9 Å². The first-order chi connectivity index (χ1) is 10.7. The van der Waals surface area contributed by atoms with Crippen molar-refractivity contribution in [2.45, 2.75) is 45.3 Å². The van der Waals surface area contributed by atoms with Crippen LogP contribution in [0.15, 0.2) is 18.2 Å². The van der Waals surface area contributed by atoms with Gasteiger partial charge in [0.1, 0.15) is 0 Å². The maximum atomic E-state index is 12.2. The van der Waals surface area contributed by atoms with Gasteiger partial charge in [-0.2, -0.15) is 0 Å². The van der Waals surface area contributed by atoms with Crippen molar-refractivity contribution in [3.05, 3.63) is 23.8 Å². The second-order valence-electron chi connectivity index (χ2n) is 7.19. The van der Waals surface area contributed by atoms with Crippen molar-refractivity contribution in [3.63, 3.8) is 0 Å². The van der Waals surface area contributed by atoms with Crippen molar-refractivity contribution in [2.24, 2.45) is 0 Å². The van der Waals surface area contributed by atoms with Gasteiger partial charge < -0.3 is 18.9 Å². The number of fused-ring (bicyclic) bond motifs is 1. The highest BCUT2D eigenvalue weighted by Crippen LogP contribution is 2.37. The lowest BCUT2D eigenvalue weighted by Crippen LogP contribution is -2.41. The van der Waals surface area contributed by atoms with E-state index in [1.165, 1.54) is 0 Å². The summed E-state index contributed by atoms with van der Waals surface area (Å²) < 4.78 is 17.3. The monoisotopic (exact) mass is 317 g/mol. The van der Waals surface area contributed by atoms with Crippen LogP contribution >= 0.6 is 0 Å². The zero-order chi connectivity index (χ0) is 16.8. The average Bonchev–Trinajstić information content (AvgIpc) is 2.89. The lowest BCUT2D eigenvalue weighted by atomic mass is 9.78. The summed E-state index contributed by atoms with van der Waals surface area (Å²) in [5.41, 5.74) is 2.22. The number of hydrogen-bond acceptors (Lipinski definition) is 4. The van der Waals surface area contributed by atoms with Gasteiger partial charge in [0.05, 0.1) is 24.2 Å². The molecule has 0 radical (unpaired) electrons. The second kappa shape index (κ2) is 5.62. The van der Waals surface area contributed by atoms with E-state index in [1.54, 1.807) is 12.0 Å². The van der Waals surface area contributed by atoms with Gasteiger partial charge in [-0.05, 0) is 44.8 Å². The molecule has 0 N–H and O–H groups in total. The molecule has 0 spiro atoms. The third-order valence-corrected chi connectivity index (χ3v) is 5.08. The SMILES string of the molecule is COCCN1C(=O)Cc2cc(B3OC(C)(C)C(C)(C)O3)ccc21. The van der Waals surface area contributed by atoms with Gasteiger partial charge in [0.2, 0.25) is 5.91 Å². The number of carbonyl (C=O) groups is 1. The van der Waals surface area contributed by atoms with Gasteiger partial charge in [-0.25, -0.2) is 0 Å². The molecule has 2 aliphatic heterocycles. The number of ether oxygens (including phenoxy) is 1. The van der Waals surface area contributed by atoms with Crippen LogP contribution in [0.1, 0.15) is 33.3 Å². The molecule has 1 aromatic rings. The molecule has 2 heterocycles. The zero-order valence-corrected chi connectivity index (χ0v) is 14.5. The van der Waals surface area contributed by atoms with Crippen LogP contribution in [0.4, 0.5) is 5.69 Å².